The molecule has 0 bridgehead atoms. The molecular formula is C22H19N3S. The first-order valence-corrected chi connectivity index (χ1v) is 8.96. The van der Waals surface area contributed by atoms with E-state index in [9.17, 15) is 0 Å². The maximum atomic E-state index is 5.64. The van der Waals surface area contributed by atoms with Crippen LogP contribution >= 0.6 is 12.2 Å². The van der Waals surface area contributed by atoms with Crippen LogP contribution in [-0.2, 0) is 6.67 Å². The zero-order chi connectivity index (χ0) is 17.8. The maximum Gasteiger partial charge on any atom is 0.179 e. The molecule has 1 aromatic heterocycles. The summed E-state index contributed by atoms with van der Waals surface area (Å²) in [6.45, 7) is 0.594. The van der Waals surface area contributed by atoms with Crippen molar-refractivity contribution in [3.63, 3.8) is 0 Å². The Hall–Kier alpha value is -3.11. The van der Waals surface area contributed by atoms with Crippen molar-refractivity contribution >= 4 is 17.9 Å². The summed E-state index contributed by atoms with van der Waals surface area (Å²) in [4.78, 5) is 3.40. The third-order valence-electron chi connectivity index (χ3n) is 4.31. The molecule has 0 aliphatic rings. The lowest BCUT2D eigenvalue weighted by atomic mass is 10.0. The lowest BCUT2D eigenvalue weighted by molar-refractivity contribution is 0.769. The summed E-state index contributed by atoms with van der Waals surface area (Å²) in [5, 5.41) is 3.45. The number of para-hydroxylation sites is 1. The molecule has 0 radical (unpaired) electrons. The van der Waals surface area contributed by atoms with Gasteiger partial charge in [-0.05, 0) is 24.4 Å². The third kappa shape index (κ3) is 3.32. The van der Waals surface area contributed by atoms with E-state index in [0.29, 0.717) is 11.4 Å². The van der Waals surface area contributed by atoms with Crippen LogP contribution in [0.2, 0.25) is 0 Å². The Kier molecular flexibility index (Phi) is 4.67. The largest absolute Gasteiger partial charge is 0.367 e. The van der Waals surface area contributed by atoms with E-state index in [-0.39, 0.29) is 0 Å². The van der Waals surface area contributed by atoms with Gasteiger partial charge in [-0.1, -0.05) is 78.9 Å². The number of H-pyrrole nitrogens is 1. The van der Waals surface area contributed by atoms with Crippen LogP contribution in [0.15, 0.2) is 91.0 Å². The molecule has 128 valence electrons. The Labute approximate surface area is 158 Å². The van der Waals surface area contributed by atoms with Gasteiger partial charge in [0, 0.05) is 16.8 Å². The minimum atomic E-state index is 0.594. The van der Waals surface area contributed by atoms with Gasteiger partial charge in [0.1, 0.15) is 0 Å². The number of hydrogen-bond acceptors (Lipinski definition) is 2. The molecule has 4 heteroatoms. The average Bonchev–Trinajstić information content (AvgIpc) is 3.05. The van der Waals surface area contributed by atoms with E-state index in [4.69, 9.17) is 12.2 Å². The van der Waals surface area contributed by atoms with Crippen molar-refractivity contribution in [2.45, 2.75) is 6.67 Å². The maximum absolute atomic E-state index is 5.64. The van der Waals surface area contributed by atoms with Crippen LogP contribution in [0.5, 0.6) is 0 Å². The van der Waals surface area contributed by atoms with Crippen molar-refractivity contribution in [3.8, 4) is 22.5 Å². The van der Waals surface area contributed by atoms with Gasteiger partial charge in [0.2, 0.25) is 0 Å². The second-order valence-corrected chi connectivity index (χ2v) is 6.40. The van der Waals surface area contributed by atoms with Gasteiger partial charge < -0.3 is 10.3 Å². The zero-order valence-corrected chi connectivity index (χ0v) is 15.0. The molecule has 0 saturated heterocycles. The lowest BCUT2D eigenvalue weighted by Crippen LogP contribution is -2.09. The van der Waals surface area contributed by atoms with E-state index in [0.717, 1.165) is 28.2 Å². The molecule has 0 saturated carbocycles. The molecule has 3 nitrogen and oxygen atoms in total. The van der Waals surface area contributed by atoms with E-state index >= 15 is 0 Å². The molecule has 26 heavy (non-hydrogen) atoms. The molecule has 0 aliphatic heterocycles. The Balaban J connectivity index is 1.80. The molecule has 0 unspecified atom stereocenters. The van der Waals surface area contributed by atoms with Crippen LogP contribution in [0.25, 0.3) is 22.5 Å². The molecule has 0 spiro atoms. The SMILES string of the molecule is S=c1[nH]c(-c2ccccc2)c(-c2ccccc2)n1CNc1ccccc1. The first-order valence-electron chi connectivity index (χ1n) is 8.55. The average molecular weight is 357 g/mol. The van der Waals surface area contributed by atoms with E-state index in [1.54, 1.807) is 0 Å². The number of aromatic amines is 1. The number of nitrogens with zero attached hydrogens (tertiary/aromatic N) is 1. The van der Waals surface area contributed by atoms with Gasteiger partial charge in [-0.2, -0.15) is 0 Å². The highest BCUT2D eigenvalue weighted by atomic mass is 32.1. The lowest BCUT2D eigenvalue weighted by Gasteiger charge is -2.13. The van der Waals surface area contributed by atoms with Crippen molar-refractivity contribution < 1.29 is 0 Å². The van der Waals surface area contributed by atoms with Crippen LogP contribution in [-0.4, -0.2) is 9.55 Å². The smallest absolute Gasteiger partial charge is 0.179 e. The fourth-order valence-corrected chi connectivity index (χ4v) is 3.32. The molecule has 0 aliphatic carbocycles. The molecule has 0 amide bonds. The quantitative estimate of drug-likeness (QED) is 0.433. The van der Waals surface area contributed by atoms with Crippen LogP contribution in [0.4, 0.5) is 5.69 Å². The molecule has 2 N–H and O–H groups in total. The predicted octanol–water partition coefficient (Wildman–Crippen LogP) is 5.95. The van der Waals surface area contributed by atoms with Crippen LogP contribution < -0.4 is 5.32 Å². The summed E-state index contributed by atoms with van der Waals surface area (Å²) in [5.74, 6) is 0. The molecule has 4 rings (SSSR count). The van der Waals surface area contributed by atoms with Crippen LogP contribution in [0.3, 0.4) is 0 Å². The Bertz CT molecular complexity index is 1040. The second-order valence-electron chi connectivity index (χ2n) is 6.01. The van der Waals surface area contributed by atoms with E-state index in [1.807, 2.05) is 42.5 Å². The fourth-order valence-electron chi connectivity index (χ4n) is 3.06. The number of nitrogens with one attached hydrogen (secondary N) is 2. The van der Waals surface area contributed by atoms with Crippen LogP contribution in [0, 0.1) is 4.77 Å². The summed E-state index contributed by atoms with van der Waals surface area (Å²) in [5.41, 5.74) is 5.45. The van der Waals surface area contributed by atoms with Crippen LogP contribution in [0.1, 0.15) is 0 Å². The molecule has 4 aromatic rings. The topological polar surface area (TPSA) is 32.8 Å². The number of benzene rings is 3. The fraction of sp³-hybridized carbons (Fsp3) is 0.0455. The number of rotatable bonds is 5. The van der Waals surface area contributed by atoms with E-state index in [1.165, 1.54) is 0 Å². The molecule has 1 heterocycles. The predicted molar refractivity (Wildman–Crippen MR) is 111 cm³/mol. The Morgan fingerprint density at radius 2 is 1.27 bits per heavy atom. The highest BCUT2D eigenvalue weighted by Gasteiger charge is 2.15. The number of anilines is 1. The number of imidazole rings is 1. The van der Waals surface area contributed by atoms with Crippen molar-refractivity contribution in [1.82, 2.24) is 9.55 Å². The van der Waals surface area contributed by atoms with Gasteiger partial charge in [0.05, 0.1) is 18.1 Å². The third-order valence-corrected chi connectivity index (χ3v) is 4.63. The first-order chi connectivity index (χ1) is 12.8. The molecular weight excluding hydrogens is 338 g/mol. The minimum Gasteiger partial charge on any atom is -0.367 e. The van der Waals surface area contributed by atoms with E-state index < -0.39 is 0 Å². The monoisotopic (exact) mass is 357 g/mol. The summed E-state index contributed by atoms with van der Waals surface area (Å²) < 4.78 is 2.81. The highest BCUT2D eigenvalue weighted by Crippen LogP contribution is 2.31. The van der Waals surface area contributed by atoms with Gasteiger partial charge in [0.15, 0.2) is 4.77 Å². The number of hydrogen-bond donors (Lipinski definition) is 2. The van der Waals surface area contributed by atoms with Crippen molar-refractivity contribution in [2.24, 2.45) is 0 Å². The van der Waals surface area contributed by atoms with Gasteiger partial charge in [0.25, 0.3) is 0 Å². The minimum absolute atomic E-state index is 0.594. The van der Waals surface area contributed by atoms with Gasteiger partial charge in [-0.15, -0.1) is 0 Å². The summed E-state index contributed by atoms with van der Waals surface area (Å²) in [7, 11) is 0. The van der Waals surface area contributed by atoms with Crippen molar-refractivity contribution in [1.29, 1.82) is 0 Å². The Morgan fingerprint density at radius 3 is 1.88 bits per heavy atom. The van der Waals surface area contributed by atoms with Gasteiger partial charge >= 0.3 is 0 Å². The zero-order valence-electron chi connectivity index (χ0n) is 14.2. The summed E-state index contributed by atoms with van der Waals surface area (Å²) >= 11 is 5.64. The Morgan fingerprint density at radius 1 is 0.731 bits per heavy atom. The molecule has 0 atom stereocenters. The molecule has 3 aromatic carbocycles. The standard InChI is InChI=1S/C22H19N3S/c26-22-24-20(17-10-4-1-5-11-17)21(18-12-6-2-7-13-18)25(22)16-23-19-14-8-3-9-15-19/h1-15,23H,16H2,(H,24,26). The van der Waals surface area contributed by atoms with Crippen molar-refractivity contribution in [2.75, 3.05) is 5.32 Å². The van der Waals surface area contributed by atoms with Gasteiger partial charge in [-0.3, -0.25) is 4.57 Å². The summed E-state index contributed by atoms with van der Waals surface area (Å²) in [6.07, 6.45) is 0. The second kappa shape index (κ2) is 7.42. The highest BCUT2D eigenvalue weighted by molar-refractivity contribution is 7.71. The van der Waals surface area contributed by atoms with Gasteiger partial charge in [-0.25, -0.2) is 0 Å². The summed E-state index contributed by atoms with van der Waals surface area (Å²) in [6, 6.07) is 30.8. The number of aromatic nitrogens is 2. The van der Waals surface area contributed by atoms with E-state index in [2.05, 4.69) is 63.4 Å². The normalized spacial score (nSPS) is 10.6. The first kappa shape index (κ1) is 16.4. The molecule has 0 fully saturated rings. The van der Waals surface area contributed by atoms with Crippen molar-refractivity contribution in [3.05, 3.63) is 95.8 Å².